The molecule has 0 saturated carbocycles. The molecule has 0 spiro atoms. The number of nitrogens with one attached hydrogen (secondary N) is 2. The summed E-state index contributed by atoms with van der Waals surface area (Å²) >= 11 is 0. The first-order valence-electron chi connectivity index (χ1n) is 6.55. The Morgan fingerprint density at radius 1 is 1.20 bits per heavy atom. The highest BCUT2D eigenvalue weighted by atomic mass is 16.5. The van der Waals surface area contributed by atoms with E-state index in [0.717, 1.165) is 35.7 Å². The fourth-order valence-corrected chi connectivity index (χ4v) is 2.00. The number of amides is 1. The molecular formula is C15H19N3O2. The molecule has 0 aliphatic carbocycles. The van der Waals surface area contributed by atoms with Crippen LogP contribution in [0.1, 0.15) is 32.9 Å². The van der Waals surface area contributed by atoms with Gasteiger partial charge in [-0.3, -0.25) is 4.79 Å². The largest absolute Gasteiger partial charge is 0.361 e. The van der Waals surface area contributed by atoms with Crippen LogP contribution < -0.4 is 10.6 Å². The minimum absolute atomic E-state index is 0.0692. The van der Waals surface area contributed by atoms with Gasteiger partial charge in [0.15, 0.2) is 0 Å². The first-order valence-corrected chi connectivity index (χ1v) is 6.55. The highest BCUT2D eigenvalue weighted by Crippen LogP contribution is 2.12. The van der Waals surface area contributed by atoms with Gasteiger partial charge in [0.2, 0.25) is 0 Å². The third-order valence-electron chi connectivity index (χ3n) is 3.26. The Bertz CT molecular complexity index is 568. The van der Waals surface area contributed by atoms with Crippen molar-refractivity contribution in [2.24, 2.45) is 0 Å². The normalized spacial score (nSPS) is 10.6. The van der Waals surface area contributed by atoms with Crippen LogP contribution in [0.3, 0.4) is 0 Å². The smallest absolute Gasteiger partial charge is 0.251 e. The van der Waals surface area contributed by atoms with Gasteiger partial charge in [-0.1, -0.05) is 17.3 Å². The van der Waals surface area contributed by atoms with Crippen LogP contribution in [0.5, 0.6) is 0 Å². The van der Waals surface area contributed by atoms with Crippen molar-refractivity contribution in [2.75, 3.05) is 7.05 Å². The van der Waals surface area contributed by atoms with Crippen LogP contribution in [0.15, 0.2) is 28.8 Å². The number of hydrogen-bond acceptors (Lipinski definition) is 4. The lowest BCUT2D eigenvalue weighted by molar-refractivity contribution is 0.0963. The number of benzene rings is 1. The Kier molecular flexibility index (Phi) is 4.53. The van der Waals surface area contributed by atoms with E-state index in [9.17, 15) is 4.79 Å². The third kappa shape index (κ3) is 3.24. The zero-order valence-electron chi connectivity index (χ0n) is 12.0. The molecule has 106 valence electrons. The van der Waals surface area contributed by atoms with Crippen molar-refractivity contribution in [1.29, 1.82) is 0 Å². The van der Waals surface area contributed by atoms with Crippen LogP contribution in [0.4, 0.5) is 0 Å². The van der Waals surface area contributed by atoms with Gasteiger partial charge in [-0.05, 0) is 31.5 Å². The molecule has 5 nitrogen and oxygen atoms in total. The first kappa shape index (κ1) is 14.3. The molecule has 0 unspecified atom stereocenters. The summed E-state index contributed by atoms with van der Waals surface area (Å²) in [4.78, 5) is 11.4. The number of rotatable bonds is 5. The molecule has 2 N–H and O–H groups in total. The van der Waals surface area contributed by atoms with Crippen LogP contribution >= 0.6 is 0 Å². The summed E-state index contributed by atoms with van der Waals surface area (Å²) in [6.45, 7) is 5.30. The molecule has 0 saturated heterocycles. The third-order valence-corrected chi connectivity index (χ3v) is 3.26. The SMILES string of the molecule is CNC(=O)c1ccc(CNCc2c(C)noc2C)cc1. The number of hydrogen-bond donors (Lipinski definition) is 2. The molecule has 0 fully saturated rings. The van der Waals surface area contributed by atoms with Crippen LogP contribution in [0.2, 0.25) is 0 Å². The summed E-state index contributed by atoms with van der Waals surface area (Å²) in [5.74, 6) is 0.783. The topological polar surface area (TPSA) is 67.2 Å². The van der Waals surface area contributed by atoms with Crippen molar-refractivity contribution >= 4 is 5.91 Å². The quantitative estimate of drug-likeness (QED) is 0.873. The van der Waals surface area contributed by atoms with Gasteiger partial charge in [-0.25, -0.2) is 0 Å². The fourth-order valence-electron chi connectivity index (χ4n) is 2.00. The van der Waals surface area contributed by atoms with Gasteiger partial charge in [-0.15, -0.1) is 0 Å². The average molecular weight is 273 g/mol. The van der Waals surface area contributed by atoms with Crippen LogP contribution in [0.25, 0.3) is 0 Å². The number of nitrogens with zero attached hydrogens (tertiary/aromatic N) is 1. The van der Waals surface area contributed by atoms with Gasteiger partial charge in [-0.2, -0.15) is 0 Å². The Balaban J connectivity index is 1.90. The van der Waals surface area contributed by atoms with Crippen molar-refractivity contribution in [3.05, 3.63) is 52.4 Å². The molecule has 0 radical (unpaired) electrons. The maximum atomic E-state index is 11.4. The lowest BCUT2D eigenvalue weighted by Gasteiger charge is -2.06. The molecular weight excluding hydrogens is 254 g/mol. The maximum Gasteiger partial charge on any atom is 0.251 e. The molecule has 20 heavy (non-hydrogen) atoms. The van der Waals surface area contributed by atoms with Gasteiger partial charge >= 0.3 is 0 Å². The van der Waals surface area contributed by atoms with Gasteiger partial charge in [0.05, 0.1) is 5.69 Å². The predicted molar refractivity (Wildman–Crippen MR) is 76.4 cm³/mol. The van der Waals surface area contributed by atoms with E-state index in [1.54, 1.807) is 7.05 Å². The fraction of sp³-hybridized carbons (Fsp3) is 0.333. The Labute approximate surface area is 118 Å². The van der Waals surface area contributed by atoms with Crippen LogP contribution in [0, 0.1) is 13.8 Å². The van der Waals surface area contributed by atoms with E-state index in [2.05, 4.69) is 15.8 Å². The molecule has 0 aliphatic heterocycles. The summed E-state index contributed by atoms with van der Waals surface area (Å²) < 4.78 is 5.12. The van der Waals surface area contributed by atoms with E-state index in [1.165, 1.54) is 0 Å². The number of carbonyl (C=O) groups is 1. The second-order valence-corrected chi connectivity index (χ2v) is 4.68. The van der Waals surface area contributed by atoms with E-state index in [4.69, 9.17) is 4.52 Å². The molecule has 2 rings (SSSR count). The molecule has 2 aromatic rings. The zero-order chi connectivity index (χ0) is 14.5. The van der Waals surface area contributed by atoms with Gasteiger partial charge in [0, 0.05) is 31.3 Å². The molecule has 0 bridgehead atoms. The average Bonchev–Trinajstić information content (AvgIpc) is 2.79. The van der Waals surface area contributed by atoms with Crippen LogP contribution in [-0.2, 0) is 13.1 Å². The zero-order valence-corrected chi connectivity index (χ0v) is 12.0. The molecule has 1 heterocycles. The predicted octanol–water partition coefficient (Wildman–Crippen LogP) is 1.94. The van der Waals surface area contributed by atoms with Gasteiger partial charge in [0.1, 0.15) is 5.76 Å². The Morgan fingerprint density at radius 3 is 2.45 bits per heavy atom. The van der Waals surface area contributed by atoms with Crippen molar-refractivity contribution < 1.29 is 9.32 Å². The van der Waals surface area contributed by atoms with E-state index >= 15 is 0 Å². The van der Waals surface area contributed by atoms with Gasteiger partial charge < -0.3 is 15.2 Å². The molecule has 1 amide bonds. The summed E-state index contributed by atoms with van der Waals surface area (Å²) in [5.41, 5.74) is 3.82. The van der Waals surface area contributed by atoms with E-state index in [-0.39, 0.29) is 5.91 Å². The Hall–Kier alpha value is -2.14. The monoisotopic (exact) mass is 273 g/mol. The van der Waals surface area contributed by atoms with Crippen molar-refractivity contribution in [2.45, 2.75) is 26.9 Å². The number of aromatic nitrogens is 1. The van der Waals surface area contributed by atoms with Crippen LogP contribution in [-0.4, -0.2) is 18.1 Å². The van der Waals surface area contributed by atoms with Gasteiger partial charge in [0.25, 0.3) is 5.91 Å². The maximum absolute atomic E-state index is 11.4. The number of aryl methyl sites for hydroxylation is 2. The first-order chi connectivity index (χ1) is 9.61. The molecule has 0 atom stereocenters. The summed E-state index contributed by atoms with van der Waals surface area (Å²) in [6, 6.07) is 7.55. The number of carbonyl (C=O) groups excluding carboxylic acids is 1. The minimum Gasteiger partial charge on any atom is -0.361 e. The lowest BCUT2D eigenvalue weighted by atomic mass is 10.1. The standard InChI is InChI=1S/C15H19N3O2/c1-10-14(11(2)20-18-10)9-17-8-12-4-6-13(7-5-12)15(19)16-3/h4-7,17H,8-9H2,1-3H3,(H,16,19). The van der Waals surface area contributed by atoms with Crippen molar-refractivity contribution in [1.82, 2.24) is 15.8 Å². The van der Waals surface area contributed by atoms with Crippen molar-refractivity contribution in [3.8, 4) is 0 Å². The van der Waals surface area contributed by atoms with E-state index in [1.807, 2.05) is 38.1 Å². The second kappa shape index (κ2) is 6.34. The summed E-state index contributed by atoms with van der Waals surface area (Å²) in [5, 5.41) is 9.87. The highest BCUT2D eigenvalue weighted by molar-refractivity contribution is 5.93. The lowest BCUT2D eigenvalue weighted by Crippen LogP contribution is -2.18. The van der Waals surface area contributed by atoms with Crippen molar-refractivity contribution in [3.63, 3.8) is 0 Å². The Morgan fingerprint density at radius 2 is 1.90 bits per heavy atom. The minimum atomic E-state index is -0.0692. The summed E-state index contributed by atoms with van der Waals surface area (Å²) in [6.07, 6.45) is 0. The second-order valence-electron chi connectivity index (χ2n) is 4.68. The summed E-state index contributed by atoms with van der Waals surface area (Å²) in [7, 11) is 1.63. The molecule has 5 heteroatoms. The molecule has 1 aromatic carbocycles. The molecule has 0 aliphatic rings. The van der Waals surface area contributed by atoms with E-state index in [0.29, 0.717) is 5.56 Å². The molecule has 1 aromatic heterocycles. The van der Waals surface area contributed by atoms with E-state index < -0.39 is 0 Å². The highest BCUT2D eigenvalue weighted by Gasteiger charge is 2.08.